The van der Waals surface area contributed by atoms with E-state index < -0.39 is 46.1 Å². The molecule has 3 saturated heterocycles. The van der Waals surface area contributed by atoms with Crippen molar-refractivity contribution in [2.45, 2.75) is 50.6 Å². The Morgan fingerprint density at radius 3 is 2.26 bits per heavy atom. The van der Waals surface area contributed by atoms with Crippen LogP contribution in [0.4, 0.5) is 43.4 Å². The van der Waals surface area contributed by atoms with Crippen LogP contribution in [0.5, 0.6) is 0 Å². The number of aromatic nitrogens is 1. The van der Waals surface area contributed by atoms with Gasteiger partial charge in [0, 0.05) is 29.9 Å². The van der Waals surface area contributed by atoms with Crippen molar-refractivity contribution in [3.63, 3.8) is 0 Å². The maximum absolute atomic E-state index is 13.5. The van der Waals surface area contributed by atoms with Crippen molar-refractivity contribution in [1.82, 2.24) is 9.88 Å². The molecule has 0 spiro atoms. The number of hydrogen-bond donors (Lipinski definition) is 2. The van der Waals surface area contributed by atoms with E-state index in [-0.39, 0.29) is 23.5 Å². The minimum atomic E-state index is -5.06. The van der Waals surface area contributed by atoms with E-state index in [0.29, 0.717) is 24.0 Å². The minimum absolute atomic E-state index is 0.00712. The molecule has 12 heteroatoms. The van der Waals surface area contributed by atoms with Crippen LogP contribution in [-0.4, -0.2) is 29.0 Å². The lowest BCUT2D eigenvalue weighted by molar-refractivity contribution is -0.143. The molecule has 226 valence electrons. The fraction of sp³-hybridized carbons (Fsp3) is 0.387. The highest BCUT2D eigenvalue weighted by Gasteiger charge is 2.44. The number of benzene rings is 2. The van der Waals surface area contributed by atoms with Gasteiger partial charge in [0.1, 0.15) is 11.4 Å². The summed E-state index contributed by atoms with van der Waals surface area (Å²) in [7, 11) is 0. The van der Waals surface area contributed by atoms with Crippen LogP contribution >= 0.6 is 0 Å². The quantitative estimate of drug-likeness (QED) is 0.177. The Hall–Kier alpha value is -3.93. The van der Waals surface area contributed by atoms with Gasteiger partial charge >= 0.3 is 12.4 Å². The molecule has 4 aromatic rings. The molecule has 4 heterocycles. The largest absolute Gasteiger partial charge is 0.416 e. The van der Waals surface area contributed by atoms with E-state index in [2.05, 4.69) is 27.4 Å². The predicted molar refractivity (Wildman–Crippen MR) is 151 cm³/mol. The number of anilines is 3. The SMILES string of the molecule is CC[C@H]1CN2CC[C@H]1C[C@@H]2[C@@H](Nc1c(Nc2cc(C(F)(F)F)cc(C(F)(F)F)c2)c(=O)c1=O)c1ccnc2ccccc12. The van der Waals surface area contributed by atoms with Crippen LogP contribution in [0.1, 0.15) is 48.9 Å². The summed E-state index contributed by atoms with van der Waals surface area (Å²) in [5, 5.41) is 6.46. The van der Waals surface area contributed by atoms with E-state index in [9.17, 15) is 35.9 Å². The van der Waals surface area contributed by atoms with Crippen molar-refractivity contribution in [2.24, 2.45) is 11.8 Å². The lowest BCUT2D eigenvalue weighted by Gasteiger charge is -2.52. The fourth-order valence-corrected chi connectivity index (χ4v) is 6.73. The number of fused-ring (bicyclic) bond motifs is 4. The molecule has 0 aliphatic carbocycles. The van der Waals surface area contributed by atoms with Crippen LogP contribution in [0, 0.1) is 11.8 Å². The summed E-state index contributed by atoms with van der Waals surface area (Å²) in [6.45, 7) is 3.88. The maximum atomic E-state index is 13.5. The van der Waals surface area contributed by atoms with E-state index in [1.165, 1.54) is 0 Å². The smallest absolute Gasteiger partial charge is 0.372 e. The number of piperidine rings is 3. The Bertz CT molecular complexity index is 1710. The zero-order valence-electron chi connectivity index (χ0n) is 23.0. The van der Waals surface area contributed by atoms with Crippen molar-refractivity contribution >= 4 is 28.0 Å². The van der Waals surface area contributed by atoms with Crippen LogP contribution in [0.3, 0.4) is 0 Å². The van der Waals surface area contributed by atoms with Crippen molar-refractivity contribution in [3.8, 4) is 0 Å². The minimum Gasteiger partial charge on any atom is -0.372 e. The van der Waals surface area contributed by atoms with Gasteiger partial charge in [0.2, 0.25) is 0 Å². The molecule has 1 aromatic heterocycles. The molecule has 2 bridgehead atoms. The second kappa shape index (κ2) is 10.7. The van der Waals surface area contributed by atoms with Crippen LogP contribution in [0.15, 0.2) is 64.3 Å². The van der Waals surface area contributed by atoms with E-state index in [4.69, 9.17) is 0 Å². The molecule has 3 aliphatic heterocycles. The Balaban J connectivity index is 1.40. The highest BCUT2D eigenvalue weighted by molar-refractivity contribution is 5.84. The monoisotopic (exact) mass is 602 g/mol. The summed E-state index contributed by atoms with van der Waals surface area (Å²) in [4.78, 5) is 32.4. The Morgan fingerprint density at radius 2 is 1.63 bits per heavy atom. The molecule has 5 atom stereocenters. The molecule has 6 nitrogen and oxygen atoms in total. The first-order chi connectivity index (χ1) is 20.3. The van der Waals surface area contributed by atoms with Crippen LogP contribution < -0.4 is 21.5 Å². The normalized spacial score (nSPS) is 23.0. The van der Waals surface area contributed by atoms with Gasteiger partial charge in [-0.1, -0.05) is 31.5 Å². The summed E-state index contributed by atoms with van der Waals surface area (Å²) >= 11 is 0. The molecule has 0 radical (unpaired) electrons. The number of para-hydroxylation sites is 1. The number of nitrogens with one attached hydrogen (secondary N) is 2. The van der Waals surface area contributed by atoms with Gasteiger partial charge in [-0.2, -0.15) is 26.3 Å². The molecule has 1 unspecified atom stereocenters. The number of alkyl halides is 6. The van der Waals surface area contributed by atoms with Gasteiger partial charge in [-0.15, -0.1) is 0 Å². The summed E-state index contributed by atoms with van der Waals surface area (Å²) in [6.07, 6.45) is -5.57. The third kappa shape index (κ3) is 5.37. The van der Waals surface area contributed by atoms with Gasteiger partial charge in [0.25, 0.3) is 10.9 Å². The topological polar surface area (TPSA) is 74.3 Å². The summed E-state index contributed by atoms with van der Waals surface area (Å²) in [6, 6.07) is 9.70. The van der Waals surface area contributed by atoms with Crippen molar-refractivity contribution in [1.29, 1.82) is 0 Å². The average Bonchev–Trinajstić information content (AvgIpc) is 2.99. The van der Waals surface area contributed by atoms with Crippen molar-refractivity contribution in [2.75, 3.05) is 23.7 Å². The highest BCUT2D eigenvalue weighted by Crippen LogP contribution is 2.44. The van der Waals surface area contributed by atoms with Gasteiger partial charge in [-0.05, 0) is 67.1 Å². The second-order valence-corrected chi connectivity index (χ2v) is 11.4. The number of halogens is 6. The zero-order chi connectivity index (χ0) is 30.7. The number of rotatable bonds is 7. The van der Waals surface area contributed by atoms with Crippen LogP contribution in [0.25, 0.3) is 10.9 Å². The Labute approximate surface area is 242 Å². The van der Waals surface area contributed by atoms with E-state index in [1.807, 2.05) is 30.3 Å². The van der Waals surface area contributed by atoms with Gasteiger partial charge in [0.05, 0.1) is 22.7 Å². The average molecular weight is 603 g/mol. The van der Waals surface area contributed by atoms with Crippen LogP contribution in [0.2, 0.25) is 0 Å². The third-order valence-electron chi connectivity index (χ3n) is 8.93. The van der Waals surface area contributed by atoms with E-state index in [0.717, 1.165) is 48.8 Å². The first-order valence-corrected chi connectivity index (χ1v) is 14.1. The molecular formula is C31H28F6N4O2. The molecule has 0 saturated carbocycles. The summed E-state index contributed by atoms with van der Waals surface area (Å²) in [5.41, 5.74) is -4.57. The third-order valence-corrected chi connectivity index (χ3v) is 8.93. The standard InChI is InChI=1S/C31H28F6N4O2/c1-2-16-15-41-10-8-17(16)11-24(41)25(22-7-9-38-23-6-4-3-5-21(22)23)40-27-26(28(42)29(27)43)39-20-13-18(30(32,33)34)12-19(14-20)31(35,36)37/h3-7,9,12-14,16-17,24-25,39-40H,2,8,10-11,15H2,1H3/t16-,17-,24+,25-/m0/s1. The highest BCUT2D eigenvalue weighted by atomic mass is 19.4. The van der Waals surface area contributed by atoms with Crippen molar-refractivity contribution < 1.29 is 26.3 Å². The number of pyridine rings is 1. The van der Waals surface area contributed by atoms with Gasteiger partial charge < -0.3 is 10.6 Å². The zero-order valence-corrected chi connectivity index (χ0v) is 23.0. The molecule has 3 fully saturated rings. The molecule has 0 amide bonds. The number of hydrogen-bond acceptors (Lipinski definition) is 6. The van der Waals surface area contributed by atoms with Gasteiger partial charge in [-0.25, -0.2) is 0 Å². The maximum Gasteiger partial charge on any atom is 0.416 e. The molecular weight excluding hydrogens is 574 g/mol. The summed E-state index contributed by atoms with van der Waals surface area (Å²) in [5.74, 6) is 1.00. The van der Waals surface area contributed by atoms with Gasteiger partial charge in [0.15, 0.2) is 0 Å². The Kier molecular flexibility index (Phi) is 7.22. The summed E-state index contributed by atoms with van der Waals surface area (Å²) < 4.78 is 80.7. The molecule has 2 N–H and O–H groups in total. The molecule has 3 aliphatic rings. The van der Waals surface area contributed by atoms with Crippen LogP contribution in [-0.2, 0) is 12.4 Å². The lowest BCUT2D eigenvalue weighted by Crippen LogP contribution is -2.56. The first-order valence-electron chi connectivity index (χ1n) is 14.1. The first kappa shape index (κ1) is 29.2. The van der Waals surface area contributed by atoms with Crippen molar-refractivity contribution in [3.05, 3.63) is 91.9 Å². The van der Waals surface area contributed by atoms with E-state index >= 15 is 0 Å². The Morgan fingerprint density at radius 1 is 0.953 bits per heavy atom. The second-order valence-electron chi connectivity index (χ2n) is 11.4. The van der Waals surface area contributed by atoms with Gasteiger partial charge in [-0.3, -0.25) is 19.5 Å². The molecule has 7 rings (SSSR count). The fourth-order valence-electron chi connectivity index (χ4n) is 6.73. The predicted octanol–water partition coefficient (Wildman–Crippen LogP) is 6.89. The van der Waals surface area contributed by atoms with E-state index in [1.54, 1.807) is 6.20 Å². The molecule has 43 heavy (non-hydrogen) atoms. The lowest BCUT2D eigenvalue weighted by atomic mass is 9.72. The number of nitrogens with zero attached hydrogens (tertiary/aromatic N) is 2. The molecule has 3 aromatic carbocycles.